The Bertz CT molecular complexity index is 117. The largest absolute Gasteiger partial charge is 0.335 e. The van der Waals surface area contributed by atoms with Crippen molar-refractivity contribution in [3.8, 4) is 0 Å². The molecule has 4 heteroatoms. The zero-order valence-electron chi connectivity index (χ0n) is 4.52. The smallest absolute Gasteiger partial charge is 0.332 e. The summed E-state index contributed by atoms with van der Waals surface area (Å²) >= 11 is 5.43. The first-order valence-electron chi connectivity index (χ1n) is 2.44. The van der Waals surface area contributed by atoms with E-state index in [1.807, 2.05) is 6.92 Å². The number of urea groups is 1. The van der Waals surface area contributed by atoms with Crippen molar-refractivity contribution in [2.45, 2.75) is 13.0 Å². The molecule has 0 aliphatic carbocycles. The molecule has 1 atom stereocenters. The lowest BCUT2D eigenvalue weighted by Crippen LogP contribution is -2.21. The van der Waals surface area contributed by atoms with Crippen LogP contribution in [-0.4, -0.2) is 23.0 Å². The van der Waals surface area contributed by atoms with E-state index in [0.717, 1.165) is 0 Å². The highest BCUT2D eigenvalue weighted by Gasteiger charge is 2.24. The molecule has 1 rings (SSSR count). The highest BCUT2D eigenvalue weighted by molar-refractivity contribution is 6.21. The molecule has 0 saturated carbocycles. The molecule has 46 valence electrons. The predicted octanol–water partition coefficient (Wildman–Crippen LogP) is 0.554. The molecule has 0 spiro atoms. The summed E-state index contributed by atoms with van der Waals surface area (Å²) in [6.45, 7) is 2.53. The number of nitrogens with one attached hydrogen (secondary N) is 1. The van der Waals surface area contributed by atoms with Crippen LogP contribution in [0.1, 0.15) is 6.92 Å². The minimum absolute atomic E-state index is 0.129. The summed E-state index contributed by atoms with van der Waals surface area (Å²) < 4.78 is 1.17. The van der Waals surface area contributed by atoms with Gasteiger partial charge in [-0.2, -0.15) is 0 Å². The molecule has 1 saturated heterocycles. The van der Waals surface area contributed by atoms with Gasteiger partial charge in [0.05, 0.1) is 6.04 Å². The Labute approximate surface area is 52.7 Å². The Morgan fingerprint density at radius 2 is 2.62 bits per heavy atom. The van der Waals surface area contributed by atoms with Crippen molar-refractivity contribution in [2.24, 2.45) is 0 Å². The van der Waals surface area contributed by atoms with Gasteiger partial charge in [-0.15, -0.1) is 0 Å². The summed E-state index contributed by atoms with van der Waals surface area (Å²) in [5.74, 6) is 0. The van der Waals surface area contributed by atoms with Gasteiger partial charge in [0.1, 0.15) is 0 Å². The van der Waals surface area contributed by atoms with E-state index < -0.39 is 0 Å². The van der Waals surface area contributed by atoms with Crippen molar-refractivity contribution in [1.29, 1.82) is 0 Å². The average molecular weight is 135 g/mol. The lowest BCUT2D eigenvalue weighted by Gasteiger charge is -2.06. The van der Waals surface area contributed by atoms with E-state index in [1.54, 1.807) is 0 Å². The Morgan fingerprint density at radius 3 is 2.75 bits per heavy atom. The Morgan fingerprint density at radius 1 is 2.00 bits per heavy atom. The van der Waals surface area contributed by atoms with Crippen LogP contribution < -0.4 is 5.32 Å². The molecule has 1 N–H and O–H groups in total. The van der Waals surface area contributed by atoms with Gasteiger partial charge in [0, 0.05) is 18.3 Å². The van der Waals surface area contributed by atoms with Crippen LogP contribution >= 0.6 is 11.8 Å². The molecule has 3 nitrogen and oxygen atoms in total. The van der Waals surface area contributed by atoms with Crippen LogP contribution in [0.15, 0.2) is 0 Å². The number of halogens is 1. The van der Waals surface area contributed by atoms with Gasteiger partial charge in [-0.1, -0.05) is 0 Å². The number of rotatable bonds is 0. The zero-order valence-corrected chi connectivity index (χ0v) is 5.27. The van der Waals surface area contributed by atoms with E-state index in [2.05, 4.69) is 5.32 Å². The van der Waals surface area contributed by atoms with Crippen LogP contribution in [-0.2, 0) is 0 Å². The van der Waals surface area contributed by atoms with Crippen molar-refractivity contribution in [3.63, 3.8) is 0 Å². The number of nitrogens with zero attached hydrogens (tertiary/aromatic N) is 1. The summed E-state index contributed by atoms with van der Waals surface area (Å²) in [5, 5.41) is 2.57. The highest BCUT2D eigenvalue weighted by Crippen LogP contribution is 2.07. The molecule has 0 radical (unpaired) electrons. The fourth-order valence-electron chi connectivity index (χ4n) is 0.591. The molecule has 1 fully saturated rings. The van der Waals surface area contributed by atoms with Gasteiger partial charge in [-0.05, 0) is 6.92 Å². The monoisotopic (exact) mass is 134 g/mol. The number of hydrogen-bond acceptors (Lipinski definition) is 1. The fourth-order valence-corrected chi connectivity index (χ4v) is 0.720. The molecule has 1 aliphatic rings. The molecule has 1 aliphatic heterocycles. The predicted molar refractivity (Wildman–Crippen MR) is 30.6 cm³/mol. The summed E-state index contributed by atoms with van der Waals surface area (Å²) in [7, 11) is 0. The molecule has 1 unspecified atom stereocenters. The van der Waals surface area contributed by atoms with Crippen LogP contribution in [0, 0.1) is 0 Å². The zero-order chi connectivity index (χ0) is 6.15. The van der Waals surface area contributed by atoms with E-state index >= 15 is 0 Å². The Kier molecular flexibility index (Phi) is 1.29. The second-order valence-electron chi connectivity index (χ2n) is 1.85. The van der Waals surface area contributed by atoms with Gasteiger partial charge < -0.3 is 5.32 Å². The molecule has 0 bridgehead atoms. The molecule has 2 amide bonds. The fraction of sp³-hybridized carbons (Fsp3) is 0.750. The number of amides is 2. The van der Waals surface area contributed by atoms with Gasteiger partial charge in [-0.25, -0.2) is 9.21 Å². The minimum Gasteiger partial charge on any atom is -0.335 e. The first-order chi connectivity index (χ1) is 3.72. The maximum absolute atomic E-state index is 10.5. The summed E-state index contributed by atoms with van der Waals surface area (Å²) in [6.07, 6.45) is 0. The molecule has 1 heterocycles. The van der Waals surface area contributed by atoms with E-state index in [4.69, 9.17) is 11.8 Å². The number of carbonyl (C=O) groups excluding carboxylic acids is 1. The number of hydrogen-bond donors (Lipinski definition) is 1. The van der Waals surface area contributed by atoms with E-state index in [0.29, 0.717) is 6.54 Å². The van der Waals surface area contributed by atoms with E-state index in [9.17, 15) is 4.79 Å². The van der Waals surface area contributed by atoms with Crippen LogP contribution in [0.4, 0.5) is 4.79 Å². The third-order valence-corrected chi connectivity index (χ3v) is 1.62. The SMILES string of the molecule is CC1CNC(=O)N1Cl. The first kappa shape index (κ1) is 5.69. The van der Waals surface area contributed by atoms with Gasteiger partial charge in [-0.3, -0.25) is 0 Å². The standard InChI is InChI=1S/C4H7ClN2O/c1-3-2-6-4(8)7(3)5/h3H,2H2,1H3,(H,6,8). The van der Waals surface area contributed by atoms with Crippen LogP contribution in [0.5, 0.6) is 0 Å². The normalized spacial score (nSPS) is 28.5. The maximum atomic E-state index is 10.5. The van der Waals surface area contributed by atoms with Gasteiger partial charge >= 0.3 is 6.03 Å². The lowest BCUT2D eigenvalue weighted by atomic mass is 10.4. The highest BCUT2D eigenvalue weighted by atomic mass is 35.5. The molecule has 0 aromatic rings. The second-order valence-corrected chi connectivity index (χ2v) is 2.21. The van der Waals surface area contributed by atoms with Crippen molar-refractivity contribution >= 4 is 17.8 Å². The van der Waals surface area contributed by atoms with Crippen molar-refractivity contribution in [1.82, 2.24) is 9.74 Å². The Hall–Kier alpha value is -0.440. The van der Waals surface area contributed by atoms with Crippen molar-refractivity contribution < 1.29 is 4.79 Å². The summed E-state index contributed by atoms with van der Waals surface area (Å²) in [6, 6.07) is -0.0664. The van der Waals surface area contributed by atoms with Gasteiger partial charge in [0.25, 0.3) is 0 Å². The van der Waals surface area contributed by atoms with Crippen molar-refractivity contribution in [2.75, 3.05) is 6.54 Å². The van der Waals surface area contributed by atoms with Gasteiger partial charge in [0.2, 0.25) is 0 Å². The van der Waals surface area contributed by atoms with Crippen LogP contribution in [0.3, 0.4) is 0 Å². The van der Waals surface area contributed by atoms with Crippen molar-refractivity contribution in [3.05, 3.63) is 0 Å². The molecule has 0 aromatic carbocycles. The third-order valence-electron chi connectivity index (χ3n) is 1.13. The maximum Gasteiger partial charge on any atom is 0.332 e. The number of carbonyl (C=O) groups is 1. The van der Waals surface area contributed by atoms with E-state index in [-0.39, 0.29) is 12.1 Å². The molecule has 8 heavy (non-hydrogen) atoms. The third kappa shape index (κ3) is 0.733. The quantitative estimate of drug-likeness (QED) is 0.483. The van der Waals surface area contributed by atoms with E-state index in [1.165, 1.54) is 4.42 Å². The average Bonchev–Trinajstić information content (AvgIpc) is 1.98. The molecular weight excluding hydrogens is 128 g/mol. The Balaban J connectivity index is 2.56. The summed E-state index contributed by atoms with van der Waals surface area (Å²) in [5.41, 5.74) is 0. The first-order valence-corrected chi connectivity index (χ1v) is 2.78. The van der Waals surface area contributed by atoms with Crippen LogP contribution in [0.2, 0.25) is 0 Å². The molecule has 0 aromatic heterocycles. The lowest BCUT2D eigenvalue weighted by molar-refractivity contribution is 0.233. The second kappa shape index (κ2) is 1.82. The molecular formula is C4H7ClN2O. The van der Waals surface area contributed by atoms with Crippen LogP contribution in [0.25, 0.3) is 0 Å². The summed E-state index contributed by atoms with van der Waals surface area (Å²) in [4.78, 5) is 10.5. The topological polar surface area (TPSA) is 32.3 Å². The van der Waals surface area contributed by atoms with Gasteiger partial charge in [0.15, 0.2) is 0 Å². The minimum atomic E-state index is -0.195.